The number of carbonyl (C=O) groups excluding carboxylic acids is 2. The maximum Gasteiger partial charge on any atom is 0.326 e. The second-order valence-electron chi connectivity index (χ2n) is 5.85. The summed E-state index contributed by atoms with van der Waals surface area (Å²) in [5.41, 5.74) is 0.560. The van der Waals surface area contributed by atoms with Gasteiger partial charge in [-0.3, -0.25) is 9.59 Å². The Bertz CT molecular complexity index is 617. The summed E-state index contributed by atoms with van der Waals surface area (Å²) in [6.07, 6.45) is 1.87. The molecule has 1 atom stereocenters. The molecule has 1 aromatic rings. The summed E-state index contributed by atoms with van der Waals surface area (Å²) < 4.78 is 0. The van der Waals surface area contributed by atoms with Crippen LogP contribution in [0, 0.1) is 5.92 Å². The molecule has 24 heavy (non-hydrogen) atoms. The first kappa shape index (κ1) is 20.0. The molecule has 0 spiro atoms. The maximum absolute atomic E-state index is 12.3. The molecule has 0 aliphatic rings. The molecule has 1 rings (SSSR count). The Morgan fingerprint density at radius 3 is 2.46 bits per heavy atom. The number of hydrogen-bond acceptors (Lipinski definition) is 3. The van der Waals surface area contributed by atoms with E-state index in [2.05, 4.69) is 10.6 Å². The first-order valence-corrected chi connectivity index (χ1v) is 8.28. The Labute approximate surface area is 146 Å². The topological polar surface area (TPSA) is 95.5 Å². The van der Waals surface area contributed by atoms with Crippen molar-refractivity contribution >= 4 is 35.1 Å². The molecule has 7 heteroatoms. The molecule has 132 valence electrons. The van der Waals surface area contributed by atoms with Gasteiger partial charge in [-0.1, -0.05) is 45.2 Å². The Morgan fingerprint density at radius 2 is 1.92 bits per heavy atom. The van der Waals surface area contributed by atoms with Crippen molar-refractivity contribution < 1.29 is 19.5 Å². The second kappa shape index (κ2) is 9.27. The number of halogens is 1. The molecule has 0 unspecified atom stereocenters. The highest BCUT2D eigenvalue weighted by Gasteiger charge is 2.21. The Balaban J connectivity index is 2.92. The molecule has 0 heterocycles. The van der Waals surface area contributed by atoms with Crippen LogP contribution in [0.4, 0.5) is 5.69 Å². The van der Waals surface area contributed by atoms with E-state index in [0.717, 1.165) is 6.42 Å². The van der Waals surface area contributed by atoms with Crippen LogP contribution in [0.25, 0.3) is 0 Å². The van der Waals surface area contributed by atoms with Crippen molar-refractivity contribution in [1.29, 1.82) is 0 Å². The quantitative estimate of drug-likeness (QED) is 0.667. The Hall–Kier alpha value is -2.08. The number of carbonyl (C=O) groups is 3. The van der Waals surface area contributed by atoms with Crippen molar-refractivity contribution in [3.8, 4) is 0 Å². The zero-order valence-electron chi connectivity index (χ0n) is 14.1. The number of rotatable bonds is 8. The number of hydrogen-bond donors (Lipinski definition) is 3. The Morgan fingerprint density at radius 1 is 1.25 bits per heavy atom. The highest BCUT2D eigenvalue weighted by molar-refractivity contribution is 6.34. The van der Waals surface area contributed by atoms with Gasteiger partial charge >= 0.3 is 5.97 Å². The molecule has 3 N–H and O–H groups in total. The predicted molar refractivity (Wildman–Crippen MR) is 93.3 cm³/mol. The van der Waals surface area contributed by atoms with Crippen LogP contribution in [-0.2, 0) is 9.59 Å². The minimum atomic E-state index is -1.09. The molecule has 0 aliphatic heterocycles. The van der Waals surface area contributed by atoms with Gasteiger partial charge < -0.3 is 15.7 Å². The lowest BCUT2D eigenvalue weighted by atomic mass is 10.1. The van der Waals surface area contributed by atoms with Gasteiger partial charge in [0, 0.05) is 11.6 Å². The summed E-state index contributed by atoms with van der Waals surface area (Å²) in [5, 5.41) is 14.5. The van der Waals surface area contributed by atoms with Crippen molar-refractivity contribution in [3.05, 3.63) is 28.8 Å². The van der Waals surface area contributed by atoms with Crippen LogP contribution < -0.4 is 10.6 Å². The summed E-state index contributed by atoms with van der Waals surface area (Å²) >= 11 is 6.04. The first-order valence-electron chi connectivity index (χ1n) is 7.90. The van der Waals surface area contributed by atoms with Crippen molar-refractivity contribution in [2.45, 2.75) is 46.1 Å². The number of unbranched alkanes of at least 4 members (excludes halogenated alkanes) is 1. The summed E-state index contributed by atoms with van der Waals surface area (Å²) in [5.74, 6) is -2.06. The van der Waals surface area contributed by atoms with Crippen LogP contribution in [0.1, 0.15) is 50.4 Å². The van der Waals surface area contributed by atoms with Gasteiger partial charge in [0.25, 0.3) is 5.91 Å². The average Bonchev–Trinajstić information content (AvgIpc) is 2.52. The summed E-state index contributed by atoms with van der Waals surface area (Å²) in [6.45, 7) is 5.45. The van der Waals surface area contributed by atoms with E-state index in [9.17, 15) is 19.5 Å². The van der Waals surface area contributed by atoms with E-state index in [-0.39, 0.29) is 22.4 Å². The highest BCUT2D eigenvalue weighted by atomic mass is 35.5. The van der Waals surface area contributed by atoms with E-state index in [1.165, 1.54) is 12.1 Å². The molecule has 0 saturated carbocycles. The summed E-state index contributed by atoms with van der Waals surface area (Å²) in [6, 6.07) is 3.55. The fourth-order valence-corrected chi connectivity index (χ4v) is 2.17. The average molecular weight is 355 g/mol. The molecule has 1 aromatic carbocycles. The molecule has 0 saturated heterocycles. The zero-order valence-corrected chi connectivity index (χ0v) is 14.8. The van der Waals surface area contributed by atoms with E-state index in [0.29, 0.717) is 18.5 Å². The van der Waals surface area contributed by atoms with Gasteiger partial charge in [0.1, 0.15) is 6.04 Å². The third-order valence-corrected chi connectivity index (χ3v) is 3.78. The van der Waals surface area contributed by atoms with Crippen molar-refractivity contribution in [2.24, 2.45) is 5.92 Å². The largest absolute Gasteiger partial charge is 0.480 e. The van der Waals surface area contributed by atoms with E-state index >= 15 is 0 Å². The lowest BCUT2D eigenvalue weighted by Crippen LogP contribution is -2.40. The van der Waals surface area contributed by atoms with Crippen LogP contribution in [0.15, 0.2) is 18.2 Å². The smallest absolute Gasteiger partial charge is 0.326 e. The van der Waals surface area contributed by atoms with Crippen molar-refractivity contribution in [3.63, 3.8) is 0 Å². The molecule has 0 aliphatic carbocycles. The number of nitrogens with one attached hydrogen (secondary N) is 2. The third-order valence-electron chi connectivity index (χ3n) is 3.45. The monoisotopic (exact) mass is 354 g/mol. The molecular formula is C17H23ClN2O4. The standard InChI is InChI=1S/C17H23ClN2O4/c1-4-5-6-14(17(23)24)20-16(22)12-9-11(7-8-13(12)18)19-15(21)10(2)3/h7-10,14H,4-6H2,1-3H3,(H,19,21)(H,20,22)(H,23,24)/t14-/m0/s1. The van der Waals surface area contributed by atoms with Gasteiger partial charge in [0.15, 0.2) is 0 Å². The van der Waals surface area contributed by atoms with Gasteiger partial charge in [-0.05, 0) is 24.6 Å². The summed E-state index contributed by atoms with van der Waals surface area (Å²) in [7, 11) is 0. The van der Waals surface area contributed by atoms with E-state index < -0.39 is 17.9 Å². The molecule has 0 aromatic heterocycles. The zero-order chi connectivity index (χ0) is 18.3. The number of carboxylic acid groups (broad SMARTS) is 1. The van der Waals surface area contributed by atoms with Gasteiger partial charge in [0.2, 0.25) is 5.91 Å². The minimum absolute atomic E-state index is 0.126. The molecule has 2 amide bonds. The van der Waals surface area contributed by atoms with Crippen LogP contribution >= 0.6 is 11.6 Å². The van der Waals surface area contributed by atoms with Crippen LogP contribution in [0.3, 0.4) is 0 Å². The van der Waals surface area contributed by atoms with E-state index in [4.69, 9.17) is 11.6 Å². The van der Waals surface area contributed by atoms with Gasteiger partial charge in [-0.2, -0.15) is 0 Å². The van der Waals surface area contributed by atoms with E-state index in [1.807, 2.05) is 6.92 Å². The fraction of sp³-hybridized carbons (Fsp3) is 0.471. The van der Waals surface area contributed by atoms with Crippen LogP contribution in [0.2, 0.25) is 5.02 Å². The number of anilines is 1. The first-order chi connectivity index (χ1) is 11.3. The van der Waals surface area contributed by atoms with Crippen LogP contribution in [0.5, 0.6) is 0 Å². The lowest BCUT2D eigenvalue weighted by molar-refractivity contribution is -0.139. The highest BCUT2D eigenvalue weighted by Crippen LogP contribution is 2.21. The minimum Gasteiger partial charge on any atom is -0.480 e. The number of carboxylic acids is 1. The molecule has 6 nitrogen and oxygen atoms in total. The normalized spacial score (nSPS) is 11.9. The Kier molecular flexibility index (Phi) is 7.71. The number of amides is 2. The van der Waals surface area contributed by atoms with Gasteiger partial charge in [-0.15, -0.1) is 0 Å². The molecule has 0 bridgehead atoms. The number of aliphatic carboxylic acids is 1. The lowest BCUT2D eigenvalue weighted by Gasteiger charge is -2.15. The summed E-state index contributed by atoms with van der Waals surface area (Å²) in [4.78, 5) is 35.3. The van der Waals surface area contributed by atoms with Gasteiger partial charge in [-0.25, -0.2) is 4.79 Å². The van der Waals surface area contributed by atoms with Crippen LogP contribution in [-0.4, -0.2) is 28.9 Å². The number of benzene rings is 1. The fourth-order valence-electron chi connectivity index (χ4n) is 1.97. The molecular weight excluding hydrogens is 332 g/mol. The molecule has 0 fully saturated rings. The van der Waals surface area contributed by atoms with Crippen molar-refractivity contribution in [2.75, 3.05) is 5.32 Å². The second-order valence-corrected chi connectivity index (χ2v) is 6.25. The maximum atomic E-state index is 12.3. The predicted octanol–water partition coefficient (Wildman–Crippen LogP) is 3.31. The van der Waals surface area contributed by atoms with Gasteiger partial charge in [0.05, 0.1) is 10.6 Å². The van der Waals surface area contributed by atoms with Crippen molar-refractivity contribution in [1.82, 2.24) is 5.32 Å². The third kappa shape index (κ3) is 5.85. The van der Waals surface area contributed by atoms with E-state index in [1.54, 1.807) is 19.9 Å². The SMILES string of the molecule is CCCC[C@H](NC(=O)c1cc(NC(=O)C(C)C)ccc1Cl)C(=O)O. The molecule has 0 radical (unpaired) electrons.